The standard InChI is InChI=1S/C17H13Cl3N4S.3C2H4O2/c18-13-3-1-12(2-4-13)9-25-17(8-24-11-21-10-22-24)23-16-6-5-14(19)7-15(16)20;3*1-2(3)4/h1-7,10-11H,8-9H2;3*1H3,(H,3,4). The first-order valence-electron chi connectivity index (χ1n) is 10.1. The molecule has 37 heavy (non-hydrogen) atoms. The molecule has 0 spiro atoms. The second kappa shape index (κ2) is 19.1. The van der Waals surface area contributed by atoms with Crippen molar-refractivity contribution in [1.29, 1.82) is 0 Å². The second-order valence-corrected chi connectivity index (χ2v) is 9.00. The van der Waals surface area contributed by atoms with E-state index in [1.807, 2.05) is 24.3 Å². The van der Waals surface area contributed by atoms with Crippen LogP contribution in [0.15, 0.2) is 60.1 Å². The lowest BCUT2D eigenvalue weighted by Crippen LogP contribution is -2.08. The number of rotatable bonds is 5. The first-order chi connectivity index (χ1) is 17.3. The van der Waals surface area contributed by atoms with Gasteiger partial charge in [-0.1, -0.05) is 46.9 Å². The van der Waals surface area contributed by atoms with Crippen LogP contribution in [0, 0.1) is 0 Å². The molecule has 1 aromatic heterocycles. The lowest BCUT2D eigenvalue weighted by Gasteiger charge is -2.08. The molecule has 10 nitrogen and oxygen atoms in total. The van der Waals surface area contributed by atoms with Gasteiger partial charge in [-0.15, -0.1) is 11.8 Å². The van der Waals surface area contributed by atoms with Crippen LogP contribution in [0.3, 0.4) is 0 Å². The number of halogens is 3. The molecule has 0 saturated carbocycles. The minimum absolute atomic E-state index is 0.510. The molecule has 0 aliphatic heterocycles. The lowest BCUT2D eigenvalue weighted by molar-refractivity contribution is -0.135. The van der Waals surface area contributed by atoms with Crippen LogP contribution in [0.5, 0.6) is 0 Å². The van der Waals surface area contributed by atoms with Crippen molar-refractivity contribution in [2.45, 2.75) is 33.1 Å². The fraction of sp³-hybridized carbons (Fsp3) is 0.217. The number of hydrogen-bond acceptors (Lipinski definition) is 7. The van der Waals surface area contributed by atoms with E-state index in [1.165, 1.54) is 6.33 Å². The number of aromatic nitrogens is 3. The van der Waals surface area contributed by atoms with Crippen LogP contribution in [0.4, 0.5) is 5.69 Å². The van der Waals surface area contributed by atoms with Gasteiger partial charge in [0.1, 0.15) is 12.7 Å². The first kappa shape index (κ1) is 33.9. The van der Waals surface area contributed by atoms with Crippen LogP contribution in [-0.2, 0) is 26.7 Å². The molecule has 3 aromatic rings. The average molecular weight is 592 g/mol. The number of aliphatic imine (C=N–C) groups is 1. The number of hydrogen-bond donors (Lipinski definition) is 3. The number of aliphatic carboxylic acids is 3. The molecule has 0 atom stereocenters. The quantitative estimate of drug-likeness (QED) is 0.233. The Morgan fingerprint density at radius 3 is 1.86 bits per heavy atom. The summed E-state index contributed by atoms with van der Waals surface area (Å²) in [6, 6.07) is 13.0. The maximum Gasteiger partial charge on any atom is 0.300 e. The zero-order chi connectivity index (χ0) is 28.4. The minimum atomic E-state index is -0.833. The highest BCUT2D eigenvalue weighted by atomic mass is 35.5. The Balaban J connectivity index is 0.000000908. The Morgan fingerprint density at radius 2 is 1.41 bits per heavy atom. The molecule has 0 aliphatic carbocycles. The smallest absolute Gasteiger partial charge is 0.300 e. The Kier molecular flexibility index (Phi) is 17.4. The minimum Gasteiger partial charge on any atom is -0.481 e. The zero-order valence-corrected chi connectivity index (χ0v) is 23.1. The summed E-state index contributed by atoms with van der Waals surface area (Å²) in [5.74, 6) is -1.74. The summed E-state index contributed by atoms with van der Waals surface area (Å²) in [5, 5.41) is 29.1. The van der Waals surface area contributed by atoms with E-state index in [0.717, 1.165) is 42.2 Å². The highest BCUT2D eigenvalue weighted by Crippen LogP contribution is 2.29. The van der Waals surface area contributed by atoms with E-state index in [9.17, 15) is 0 Å². The summed E-state index contributed by atoms with van der Waals surface area (Å²) in [6.07, 6.45) is 3.15. The molecule has 3 N–H and O–H groups in total. The van der Waals surface area contributed by atoms with Crippen molar-refractivity contribution >= 4 is 75.2 Å². The van der Waals surface area contributed by atoms with Crippen molar-refractivity contribution in [3.8, 4) is 0 Å². The number of nitrogens with zero attached hydrogens (tertiary/aromatic N) is 4. The fourth-order valence-corrected chi connectivity index (χ4v) is 3.51. The average Bonchev–Trinajstić information content (AvgIpc) is 3.27. The van der Waals surface area contributed by atoms with Crippen molar-refractivity contribution in [2.24, 2.45) is 4.99 Å². The molecule has 2 aromatic carbocycles. The summed E-state index contributed by atoms with van der Waals surface area (Å²) in [4.78, 5) is 35.6. The molecule has 200 valence electrons. The number of carboxylic acid groups (broad SMARTS) is 3. The first-order valence-corrected chi connectivity index (χ1v) is 12.2. The van der Waals surface area contributed by atoms with Gasteiger partial charge in [-0.25, -0.2) is 14.7 Å². The predicted octanol–water partition coefficient (Wildman–Crippen LogP) is 6.17. The molecular formula is C23H25Cl3N4O6S. The van der Waals surface area contributed by atoms with Crippen LogP contribution in [-0.4, -0.2) is 53.0 Å². The molecule has 0 amide bonds. The van der Waals surface area contributed by atoms with Crippen LogP contribution in [0.2, 0.25) is 15.1 Å². The molecule has 0 unspecified atom stereocenters. The van der Waals surface area contributed by atoms with Crippen molar-refractivity contribution in [3.05, 3.63) is 75.8 Å². The third kappa shape index (κ3) is 19.7. The third-order valence-electron chi connectivity index (χ3n) is 3.24. The molecule has 1 heterocycles. The third-order valence-corrected chi connectivity index (χ3v) is 5.06. The Bertz CT molecular complexity index is 1120. The summed E-state index contributed by atoms with van der Waals surface area (Å²) < 4.78 is 1.72. The maximum absolute atomic E-state index is 9.00. The Hall–Kier alpha value is -3.12. The number of carbonyl (C=O) groups is 3. The zero-order valence-electron chi connectivity index (χ0n) is 20.0. The Morgan fingerprint density at radius 1 is 0.892 bits per heavy atom. The van der Waals surface area contributed by atoms with E-state index in [4.69, 9.17) is 64.5 Å². The van der Waals surface area contributed by atoms with Gasteiger partial charge in [-0.2, -0.15) is 5.10 Å². The van der Waals surface area contributed by atoms with Gasteiger partial charge in [0.25, 0.3) is 17.9 Å². The topological polar surface area (TPSA) is 155 Å². The number of thioether (sulfide) groups is 1. The Labute approximate surface area is 232 Å². The summed E-state index contributed by atoms with van der Waals surface area (Å²) >= 11 is 19.7. The number of carboxylic acids is 3. The summed E-state index contributed by atoms with van der Waals surface area (Å²) in [7, 11) is 0. The van der Waals surface area contributed by atoms with Crippen LogP contribution in [0.25, 0.3) is 0 Å². The molecular weight excluding hydrogens is 567 g/mol. The predicted molar refractivity (Wildman–Crippen MR) is 146 cm³/mol. The van der Waals surface area contributed by atoms with Crippen molar-refractivity contribution in [1.82, 2.24) is 14.8 Å². The second-order valence-electron chi connectivity index (χ2n) is 6.67. The molecule has 3 rings (SSSR count). The van der Waals surface area contributed by atoms with Crippen LogP contribution < -0.4 is 0 Å². The van der Waals surface area contributed by atoms with E-state index in [2.05, 4.69) is 15.1 Å². The molecule has 14 heteroatoms. The van der Waals surface area contributed by atoms with Gasteiger partial charge in [0.2, 0.25) is 0 Å². The largest absolute Gasteiger partial charge is 0.481 e. The molecule has 0 radical (unpaired) electrons. The van der Waals surface area contributed by atoms with Crippen molar-refractivity contribution in [2.75, 3.05) is 0 Å². The van der Waals surface area contributed by atoms with E-state index in [0.29, 0.717) is 22.3 Å². The molecule has 0 bridgehead atoms. The van der Waals surface area contributed by atoms with Gasteiger partial charge in [0.15, 0.2) is 0 Å². The highest BCUT2D eigenvalue weighted by Gasteiger charge is 2.07. The van der Waals surface area contributed by atoms with Gasteiger partial charge in [-0.3, -0.25) is 14.4 Å². The van der Waals surface area contributed by atoms with Gasteiger partial charge < -0.3 is 15.3 Å². The maximum atomic E-state index is 9.00. The fourth-order valence-electron chi connectivity index (χ4n) is 2.02. The van der Waals surface area contributed by atoms with Gasteiger partial charge >= 0.3 is 0 Å². The van der Waals surface area contributed by atoms with Crippen molar-refractivity contribution in [3.63, 3.8) is 0 Å². The van der Waals surface area contributed by atoms with Gasteiger partial charge in [0.05, 0.1) is 22.3 Å². The van der Waals surface area contributed by atoms with Crippen LogP contribution >= 0.6 is 46.6 Å². The van der Waals surface area contributed by atoms with E-state index < -0.39 is 17.9 Å². The number of benzene rings is 2. The van der Waals surface area contributed by atoms with E-state index in [-0.39, 0.29) is 0 Å². The lowest BCUT2D eigenvalue weighted by atomic mass is 10.2. The van der Waals surface area contributed by atoms with Gasteiger partial charge in [0, 0.05) is 36.6 Å². The monoisotopic (exact) mass is 590 g/mol. The van der Waals surface area contributed by atoms with Crippen molar-refractivity contribution < 1.29 is 29.7 Å². The van der Waals surface area contributed by atoms with E-state index in [1.54, 1.807) is 41.0 Å². The molecule has 0 saturated heterocycles. The molecule has 0 aliphatic rings. The SMILES string of the molecule is CC(=O)O.CC(=O)O.CC(=O)O.Clc1ccc(CSC(Cn2cncn2)=Nc2ccc(Cl)cc2Cl)cc1. The molecule has 0 fully saturated rings. The van der Waals surface area contributed by atoms with E-state index >= 15 is 0 Å². The normalized spacial score (nSPS) is 9.95. The van der Waals surface area contributed by atoms with Gasteiger partial charge in [-0.05, 0) is 35.9 Å². The highest BCUT2D eigenvalue weighted by molar-refractivity contribution is 8.13. The summed E-state index contributed by atoms with van der Waals surface area (Å²) in [5.41, 5.74) is 1.83. The van der Waals surface area contributed by atoms with Crippen LogP contribution in [0.1, 0.15) is 26.3 Å². The summed E-state index contributed by atoms with van der Waals surface area (Å²) in [6.45, 7) is 3.76.